The van der Waals surface area contributed by atoms with Gasteiger partial charge in [0.05, 0.1) is 33.5 Å². The standard InChI is InChI=1S/C30H41N7O4/c1-39-26-14-12-25(13-15-26)34-30-36-28(35-29(37-30)33-22-23-8-4-2-5-9-23)32-17-19-41-21-20-40-18-16-31-27(38)24-10-6-3-7-11-24/h3,6-7,10-15,23H,2,4-5,8-9,16-22H2,1H3,(H,31,38)(H3,32,33,34,35,36,37). The number of anilines is 4. The first-order chi connectivity index (χ1) is 20.2. The highest BCUT2D eigenvalue weighted by Gasteiger charge is 2.14. The van der Waals surface area contributed by atoms with Crippen LogP contribution in [0.1, 0.15) is 42.5 Å². The maximum absolute atomic E-state index is 12.0. The molecule has 1 aromatic heterocycles. The van der Waals surface area contributed by atoms with Crippen molar-refractivity contribution < 1.29 is 19.0 Å². The number of ether oxygens (including phenoxy) is 3. The van der Waals surface area contributed by atoms with Crippen LogP contribution in [0, 0.1) is 5.92 Å². The van der Waals surface area contributed by atoms with Gasteiger partial charge in [-0.25, -0.2) is 0 Å². The van der Waals surface area contributed by atoms with E-state index in [0.717, 1.165) is 18.0 Å². The molecule has 1 aliphatic rings. The minimum atomic E-state index is -0.107. The zero-order valence-electron chi connectivity index (χ0n) is 23.7. The SMILES string of the molecule is COc1ccc(Nc2nc(NCCOCCOCCNC(=O)c3ccccc3)nc(NCC3CCCCC3)n2)cc1. The van der Waals surface area contributed by atoms with E-state index in [1.54, 1.807) is 19.2 Å². The fraction of sp³-hybridized carbons (Fsp3) is 0.467. The van der Waals surface area contributed by atoms with E-state index in [-0.39, 0.29) is 5.91 Å². The second kappa shape index (κ2) is 17.0. The number of hydrogen-bond acceptors (Lipinski definition) is 10. The molecule has 11 heteroatoms. The number of aromatic nitrogens is 3. The largest absolute Gasteiger partial charge is 0.497 e. The predicted octanol–water partition coefficient (Wildman–Crippen LogP) is 4.49. The van der Waals surface area contributed by atoms with E-state index >= 15 is 0 Å². The lowest BCUT2D eigenvalue weighted by Crippen LogP contribution is -2.27. The molecule has 0 saturated heterocycles. The van der Waals surface area contributed by atoms with Gasteiger partial charge in [-0.2, -0.15) is 15.0 Å². The first kappa shape index (κ1) is 30.0. The molecule has 1 heterocycles. The van der Waals surface area contributed by atoms with Crippen LogP contribution in [0.2, 0.25) is 0 Å². The molecular weight excluding hydrogens is 522 g/mol. The molecule has 0 aliphatic heterocycles. The summed E-state index contributed by atoms with van der Waals surface area (Å²) < 4.78 is 16.5. The van der Waals surface area contributed by atoms with Crippen molar-refractivity contribution >= 4 is 29.4 Å². The van der Waals surface area contributed by atoms with Gasteiger partial charge >= 0.3 is 0 Å². The average Bonchev–Trinajstić information content (AvgIpc) is 3.02. The highest BCUT2D eigenvalue weighted by molar-refractivity contribution is 5.94. The van der Waals surface area contributed by atoms with E-state index in [4.69, 9.17) is 14.2 Å². The summed E-state index contributed by atoms with van der Waals surface area (Å²) in [5.74, 6) is 2.78. The van der Waals surface area contributed by atoms with Crippen molar-refractivity contribution in [2.24, 2.45) is 5.92 Å². The van der Waals surface area contributed by atoms with Crippen LogP contribution < -0.4 is 26.0 Å². The van der Waals surface area contributed by atoms with Crippen LogP contribution >= 0.6 is 0 Å². The van der Waals surface area contributed by atoms with Gasteiger partial charge in [0.2, 0.25) is 17.8 Å². The van der Waals surface area contributed by atoms with Crippen molar-refractivity contribution in [2.45, 2.75) is 32.1 Å². The number of methoxy groups -OCH3 is 1. The van der Waals surface area contributed by atoms with Crippen molar-refractivity contribution in [3.63, 3.8) is 0 Å². The Hall–Kier alpha value is -3.96. The molecule has 4 rings (SSSR count). The molecule has 2 aromatic carbocycles. The highest BCUT2D eigenvalue weighted by Crippen LogP contribution is 2.24. The van der Waals surface area contributed by atoms with Crippen LogP contribution in [0.5, 0.6) is 5.75 Å². The van der Waals surface area contributed by atoms with E-state index in [2.05, 4.69) is 36.2 Å². The number of rotatable bonds is 17. The zero-order valence-corrected chi connectivity index (χ0v) is 23.7. The number of nitrogens with zero attached hydrogens (tertiary/aromatic N) is 3. The summed E-state index contributed by atoms with van der Waals surface area (Å²) in [6, 6.07) is 16.7. The third-order valence-electron chi connectivity index (χ3n) is 6.72. The number of benzene rings is 2. The second-order valence-corrected chi connectivity index (χ2v) is 9.82. The molecular formula is C30H41N7O4. The third kappa shape index (κ3) is 10.8. The van der Waals surface area contributed by atoms with Crippen LogP contribution in [0.15, 0.2) is 54.6 Å². The van der Waals surface area contributed by atoms with Gasteiger partial charge in [-0.1, -0.05) is 37.5 Å². The summed E-state index contributed by atoms with van der Waals surface area (Å²) in [5.41, 5.74) is 1.49. The summed E-state index contributed by atoms with van der Waals surface area (Å²) in [6.45, 7) is 3.60. The molecule has 41 heavy (non-hydrogen) atoms. The van der Waals surface area contributed by atoms with Gasteiger partial charge < -0.3 is 35.5 Å². The predicted molar refractivity (Wildman–Crippen MR) is 160 cm³/mol. The molecule has 0 bridgehead atoms. The summed E-state index contributed by atoms with van der Waals surface area (Å²) in [7, 11) is 1.64. The lowest BCUT2D eigenvalue weighted by molar-refractivity contribution is 0.0519. The van der Waals surface area contributed by atoms with Gasteiger partial charge in [-0.15, -0.1) is 0 Å². The Morgan fingerprint density at radius 3 is 2.15 bits per heavy atom. The van der Waals surface area contributed by atoms with Crippen molar-refractivity contribution in [3.8, 4) is 5.75 Å². The molecule has 3 aromatic rings. The van der Waals surface area contributed by atoms with E-state index in [1.807, 2.05) is 42.5 Å². The number of amides is 1. The van der Waals surface area contributed by atoms with Gasteiger partial charge in [0.1, 0.15) is 5.75 Å². The molecule has 4 N–H and O–H groups in total. The maximum Gasteiger partial charge on any atom is 0.251 e. The second-order valence-electron chi connectivity index (χ2n) is 9.82. The van der Waals surface area contributed by atoms with E-state index in [1.165, 1.54) is 32.1 Å². The van der Waals surface area contributed by atoms with Crippen molar-refractivity contribution in [1.29, 1.82) is 0 Å². The van der Waals surface area contributed by atoms with Gasteiger partial charge in [-0.3, -0.25) is 4.79 Å². The minimum absolute atomic E-state index is 0.107. The summed E-state index contributed by atoms with van der Waals surface area (Å²) in [4.78, 5) is 25.7. The fourth-order valence-corrected chi connectivity index (χ4v) is 4.51. The number of hydrogen-bond donors (Lipinski definition) is 4. The molecule has 0 atom stereocenters. The molecule has 11 nitrogen and oxygen atoms in total. The van der Waals surface area contributed by atoms with Gasteiger partial charge in [0, 0.05) is 30.9 Å². The third-order valence-corrected chi connectivity index (χ3v) is 6.72. The fourth-order valence-electron chi connectivity index (χ4n) is 4.51. The Labute approximate surface area is 241 Å². The molecule has 1 saturated carbocycles. The van der Waals surface area contributed by atoms with E-state index < -0.39 is 0 Å². The van der Waals surface area contributed by atoms with E-state index in [9.17, 15) is 4.79 Å². The van der Waals surface area contributed by atoms with Crippen LogP contribution in [-0.2, 0) is 9.47 Å². The lowest BCUT2D eigenvalue weighted by atomic mass is 9.89. The first-order valence-corrected chi connectivity index (χ1v) is 14.3. The molecule has 0 radical (unpaired) electrons. The topological polar surface area (TPSA) is 132 Å². The van der Waals surface area contributed by atoms with Gasteiger partial charge in [-0.05, 0) is 55.2 Å². The van der Waals surface area contributed by atoms with Crippen LogP contribution in [0.3, 0.4) is 0 Å². The molecule has 0 unspecified atom stereocenters. The number of carbonyl (C=O) groups is 1. The summed E-state index contributed by atoms with van der Waals surface area (Å²) in [5, 5.41) is 12.7. The molecule has 220 valence electrons. The van der Waals surface area contributed by atoms with Crippen molar-refractivity contribution in [2.75, 3.05) is 69.1 Å². The van der Waals surface area contributed by atoms with Crippen molar-refractivity contribution in [3.05, 3.63) is 60.2 Å². The Kier molecular flexibility index (Phi) is 12.4. The summed E-state index contributed by atoms with van der Waals surface area (Å²) >= 11 is 0. The normalized spacial score (nSPS) is 13.4. The summed E-state index contributed by atoms with van der Waals surface area (Å²) in [6.07, 6.45) is 6.38. The smallest absolute Gasteiger partial charge is 0.251 e. The minimum Gasteiger partial charge on any atom is -0.497 e. The zero-order chi connectivity index (χ0) is 28.5. The van der Waals surface area contributed by atoms with Crippen molar-refractivity contribution in [1.82, 2.24) is 20.3 Å². The molecule has 0 spiro atoms. The van der Waals surface area contributed by atoms with Crippen LogP contribution in [0.25, 0.3) is 0 Å². The Morgan fingerprint density at radius 1 is 0.780 bits per heavy atom. The Balaban J connectivity index is 1.17. The Bertz CT molecular complexity index is 1180. The van der Waals surface area contributed by atoms with Crippen LogP contribution in [-0.4, -0.2) is 74.0 Å². The maximum atomic E-state index is 12.0. The number of nitrogens with one attached hydrogen (secondary N) is 4. The van der Waals surface area contributed by atoms with Gasteiger partial charge in [0.15, 0.2) is 0 Å². The lowest BCUT2D eigenvalue weighted by Gasteiger charge is -2.21. The molecule has 1 aliphatic carbocycles. The van der Waals surface area contributed by atoms with Gasteiger partial charge in [0.25, 0.3) is 5.91 Å². The first-order valence-electron chi connectivity index (χ1n) is 14.3. The monoisotopic (exact) mass is 563 g/mol. The molecule has 1 fully saturated rings. The average molecular weight is 564 g/mol. The quantitative estimate of drug-likeness (QED) is 0.174. The Morgan fingerprint density at radius 2 is 1.44 bits per heavy atom. The highest BCUT2D eigenvalue weighted by atomic mass is 16.5. The van der Waals surface area contributed by atoms with Crippen LogP contribution in [0.4, 0.5) is 23.5 Å². The number of carbonyl (C=O) groups excluding carboxylic acids is 1. The van der Waals surface area contributed by atoms with E-state index in [0.29, 0.717) is 68.8 Å². The molecule has 1 amide bonds.